The molecule has 0 aliphatic heterocycles. The van der Waals surface area contributed by atoms with E-state index in [1.54, 1.807) is 44.2 Å². The Labute approximate surface area is 201 Å². The fourth-order valence-corrected chi connectivity index (χ4v) is 4.11. The highest BCUT2D eigenvalue weighted by atomic mass is 35.5. The zero-order valence-electron chi connectivity index (χ0n) is 18.6. The minimum Gasteiger partial charge on any atom is -0.478 e. The summed E-state index contributed by atoms with van der Waals surface area (Å²) in [6, 6.07) is 21.3. The molecule has 1 unspecified atom stereocenters. The number of aromatic nitrogens is 1. The molecule has 0 bridgehead atoms. The Balaban J connectivity index is 1.60. The number of hydrogen-bond acceptors (Lipinski definition) is 5. The van der Waals surface area contributed by atoms with Crippen LogP contribution in [0.1, 0.15) is 40.2 Å². The molecule has 7 heteroatoms. The van der Waals surface area contributed by atoms with Crippen molar-refractivity contribution < 1.29 is 24.0 Å². The van der Waals surface area contributed by atoms with Gasteiger partial charge in [-0.15, -0.1) is 0 Å². The number of benzene rings is 3. The average molecular weight is 476 g/mol. The van der Waals surface area contributed by atoms with Crippen molar-refractivity contribution >= 4 is 23.5 Å². The van der Waals surface area contributed by atoms with Gasteiger partial charge in [0.2, 0.25) is 0 Å². The average Bonchev–Trinajstić information content (AvgIpc) is 3.19. The molecule has 0 fully saturated rings. The van der Waals surface area contributed by atoms with Gasteiger partial charge in [-0.05, 0) is 43.2 Å². The number of hydrogen-bond donors (Lipinski definition) is 1. The summed E-state index contributed by atoms with van der Waals surface area (Å²) in [5.41, 5.74) is 4.09. The van der Waals surface area contributed by atoms with Gasteiger partial charge >= 0.3 is 11.9 Å². The number of carboxylic acids is 1. The Morgan fingerprint density at radius 3 is 2.50 bits per heavy atom. The number of rotatable bonds is 7. The van der Waals surface area contributed by atoms with Crippen molar-refractivity contribution in [3.63, 3.8) is 0 Å². The highest BCUT2D eigenvalue weighted by Gasteiger charge is 2.22. The Morgan fingerprint density at radius 1 is 1.03 bits per heavy atom. The van der Waals surface area contributed by atoms with Gasteiger partial charge < -0.3 is 14.4 Å². The first-order valence-corrected chi connectivity index (χ1v) is 11.0. The van der Waals surface area contributed by atoms with Crippen LogP contribution in [0.2, 0.25) is 5.02 Å². The van der Waals surface area contributed by atoms with Crippen molar-refractivity contribution in [1.82, 2.24) is 5.16 Å². The van der Waals surface area contributed by atoms with Gasteiger partial charge in [0.15, 0.2) is 5.76 Å². The van der Waals surface area contributed by atoms with Crippen LogP contribution in [0.15, 0.2) is 77.3 Å². The monoisotopic (exact) mass is 475 g/mol. The predicted molar refractivity (Wildman–Crippen MR) is 129 cm³/mol. The van der Waals surface area contributed by atoms with Crippen LogP contribution in [-0.4, -0.2) is 22.2 Å². The largest absolute Gasteiger partial charge is 0.478 e. The lowest BCUT2D eigenvalue weighted by Crippen LogP contribution is -2.12. The number of carboxylic acid groups (broad SMARTS) is 1. The number of ether oxygens (including phenoxy) is 1. The number of carbonyl (C=O) groups excluding carboxylic acids is 1. The van der Waals surface area contributed by atoms with Crippen LogP contribution in [0.25, 0.3) is 22.5 Å². The molecule has 0 aliphatic rings. The summed E-state index contributed by atoms with van der Waals surface area (Å²) in [6.07, 6.45) is -0.546. The van der Waals surface area contributed by atoms with E-state index in [-0.39, 0.29) is 12.0 Å². The van der Waals surface area contributed by atoms with Gasteiger partial charge in [0.05, 0.1) is 17.7 Å². The molecule has 172 valence electrons. The van der Waals surface area contributed by atoms with Crippen molar-refractivity contribution in [1.29, 1.82) is 0 Å². The van der Waals surface area contributed by atoms with Crippen LogP contribution in [0.5, 0.6) is 0 Å². The Kier molecular flexibility index (Phi) is 6.80. The topological polar surface area (TPSA) is 89.6 Å². The molecule has 0 amide bonds. The smallest absolute Gasteiger partial charge is 0.336 e. The van der Waals surface area contributed by atoms with E-state index < -0.39 is 18.0 Å². The zero-order chi connectivity index (χ0) is 24.2. The minimum atomic E-state index is -1.01. The fraction of sp³-hybridized carbons (Fsp3) is 0.148. The summed E-state index contributed by atoms with van der Waals surface area (Å²) < 4.78 is 11.2. The number of aryl methyl sites for hydroxylation is 1. The normalized spacial score (nSPS) is 11.7. The second kappa shape index (κ2) is 9.93. The van der Waals surface area contributed by atoms with E-state index in [0.29, 0.717) is 38.7 Å². The van der Waals surface area contributed by atoms with E-state index in [1.807, 2.05) is 42.5 Å². The molecule has 34 heavy (non-hydrogen) atoms. The van der Waals surface area contributed by atoms with Crippen LogP contribution in [0.3, 0.4) is 0 Å². The molecule has 3 aromatic carbocycles. The number of carbonyl (C=O) groups is 2. The Bertz CT molecular complexity index is 1360. The van der Waals surface area contributed by atoms with Crippen LogP contribution in [0, 0.1) is 6.92 Å². The zero-order valence-corrected chi connectivity index (χ0v) is 19.4. The third-order valence-electron chi connectivity index (χ3n) is 5.55. The fourth-order valence-electron chi connectivity index (χ4n) is 3.82. The molecule has 4 aromatic rings. The molecule has 0 saturated heterocycles. The van der Waals surface area contributed by atoms with Gasteiger partial charge in [0, 0.05) is 21.7 Å². The molecule has 0 aliphatic carbocycles. The third kappa shape index (κ3) is 4.87. The number of aromatic carboxylic acids is 1. The third-order valence-corrected chi connectivity index (χ3v) is 5.89. The highest BCUT2D eigenvalue weighted by molar-refractivity contribution is 6.31. The SMILES string of the molecule is Cc1noc(-c2cccc(-c3ccccc3C(=O)O)c2)c1CC(=O)OC(C)c1ccccc1Cl. The van der Waals surface area contributed by atoms with Gasteiger partial charge in [-0.25, -0.2) is 4.79 Å². The molecule has 1 atom stereocenters. The summed E-state index contributed by atoms with van der Waals surface area (Å²) in [5.74, 6) is -1.01. The van der Waals surface area contributed by atoms with Crippen molar-refractivity contribution in [2.75, 3.05) is 0 Å². The van der Waals surface area contributed by atoms with E-state index in [1.165, 1.54) is 0 Å². The number of esters is 1. The van der Waals surface area contributed by atoms with Gasteiger partial charge in [0.25, 0.3) is 0 Å². The van der Waals surface area contributed by atoms with E-state index in [9.17, 15) is 14.7 Å². The first kappa shape index (κ1) is 23.3. The predicted octanol–water partition coefficient (Wildman–Crippen LogP) is 6.52. The second-order valence-electron chi connectivity index (χ2n) is 7.84. The molecular weight excluding hydrogens is 454 g/mol. The van der Waals surface area contributed by atoms with Gasteiger partial charge in [-0.3, -0.25) is 4.79 Å². The molecule has 0 spiro atoms. The second-order valence-corrected chi connectivity index (χ2v) is 8.24. The highest BCUT2D eigenvalue weighted by Crippen LogP contribution is 2.32. The molecule has 1 heterocycles. The lowest BCUT2D eigenvalue weighted by molar-refractivity contribution is -0.147. The van der Waals surface area contributed by atoms with Crippen molar-refractivity contribution in [2.24, 2.45) is 0 Å². The van der Waals surface area contributed by atoms with E-state index in [2.05, 4.69) is 5.16 Å². The van der Waals surface area contributed by atoms with Crippen LogP contribution >= 0.6 is 11.6 Å². The van der Waals surface area contributed by atoms with E-state index >= 15 is 0 Å². The minimum absolute atomic E-state index is 0.0323. The van der Waals surface area contributed by atoms with Gasteiger partial charge in [-0.2, -0.15) is 0 Å². The lowest BCUT2D eigenvalue weighted by Gasteiger charge is -2.15. The maximum Gasteiger partial charge on any atom is 0.336 e. The maximum absolute atomic E-state index is 12.7. The molecule has 4 rings (SSSR count). The quantitative estimate of drug-likeness (QED) is 0.306. The van der Waals surface area contributed by atoms with Gasteiger partial charge in [-0.1, -0.05) is 71.4 Å². The first-order valence-electron chi connectivity index (χ1n) is 10.7. The lowest BCUT2D eigenvalue weighted by atomic mass is 9.96. The summed E-state index contributed by atoms with van der Waals surface area (Å²) >= 11 is 6.22. The summed E-state index contributed by atoms with van der Waals surface area (Å²) in [5, 5.41) is 14.1. The number of halogens is 1. The van der Waals surface area contributed by atoms with Crippen LogP contribution < -0.4 is 0 Å². The van der Waals surface area contributed by atoms with Crippen molar-refractivity contribution in [3.8, 4) is 22.5 Å². The van der Waals surface area contributed by atoms with Crippen LogP contribution in [0.4, 0.5) is 0 Å². The first-order chi connectivity index (χ1) is 16.3. The van der Waals surface area contributed by atoms with Gasteiger partial charge in [0.1, 0.15) is 6.10 Å². The summed E-state index contributed by atoms with van der Waals surface area (Å²) in [6.45, 7) is 3.53. The standard InChI is InChI=1S/C27H22ClNO5/c1-16-23(15-25(30)33-17(2)20-10-5-6-13-24(20)28)26(34-29-16)19-9-7-8-18(14-19)21-11-3-4-12-22(21)27(31)32/h3-14,17H,15H2,1-2H3,(H,31,32). The molecule has 0 saturated carbocycles. The number of nitrogens with zero attached hydrogens (tertiary/aromatic N) is 1. The summed E-state index contributed by atoms with van der Waals surface area (Å²) in [7, 11) is 0. The molecular formula is C27H22ClNO5. The van der Waals surface area contributed by atoms with E-state index in [0.717, 1.165) is 5.56 Å². The van der Waals surface area contributed by atoms with E-state index in [4.69, 9.17) is 20.9 Å². The van der Waals surface area contributed by atoms with Crippen LogP contribution in [-0.2, 0) is 16.0 Å². The molecule has 1 N–H and O–H groups in total. The molecule has 0 radical (unpaired) electrons. The Hall–Kier alpha value is -3.90. The van der Waals surface area contributed by atoms with Crippen molar-refractivity contribution in [2.45, 2.75) is 26.4 Å². The van der Waals surface area contributed by atoms with Crippen molar-refractivity contribution in [3.05, 3.63) is 100 Å². The Morgan fingerprint density at radius 2 is 1.74 bits per heavy atom. The summed E-state index contributed by atoms with van der Waals surface area (Å²) in [4.78, 5) is 24.4. The molecule has 6 nitrogen and oxygen atoms in total. The molecule has 1 aromatic heterocycles. The maximum atomic E-state index is 12.7.